The van der Waals surface area contributed by atoms with E-state index in [1.54, 1.807) is 37.4 Å². The molecule has 3 aromatic carbocycles. The Morgan fingerprint density at radius 2 is 1.62 bits per heavy atom. The third kappa shape index (κ3) is 3.91. The molecule has 6 heteroatoms. The van der Waals surface area contributed by atoms with E-state index in [1.165, 1.54) is 4.57 Å². The summed E-state index contributed by atoms with van der Waals surface area (Å²) in [6.07, 6.45) is 0. The smallest absolute Gasteiger partial charge is 0.329 e. The summed E-state index contributed by atoms with van der Waals surface area (Å²) in [5.41, 5.74) is 1.40. The van der Waals surface area contributed by atoms with Crippen molar-refractivity contribution in [1.82, 2.24) is 9.55 Å². The third-order valence-electron chi connectivity index (χ3n) is 4.72. The molecular formula is C23H20N2O4. The summed E-state index contributed by atoms with van der Waals surface area (Å²) in [6.45, 7) is 0.514. The first-order chi connectivity index (χ1) is 14.2. The molecule has 1 aromatic heterocycles. The number of methoxy groups -OCH3 is 1. The highest BCUT2D eigenvalue weighted by Crippen LogP contribution is 2.21. The molecule has 0 atom stereocenters. The first-order valence-electron chi connectivity index (χ1n) is 9.21. The lowest BCUT2D eigenvalue weighted by atomic mass is 10.2. The highest BCUT2D eigenvalue weighted by Gasteiger charge is 2.12. The van der Waals surface area contributed by atoms with Crippen LogP contribution in [-0.4, -0.2) is 16.7 Å². The molecule has 0 aliphatic rings. The minimum Gasteiger partial charge on any atom is -0.497 e. The number of benzene rings is 3. The number of rotatable bonds is 6. The van der Waals surface area contributed by atoms with Gasteiger partial charge in [-0.2, -0.15) is 0 Å². The van der Waals surface area contributed by atoms with Crippen molar-refractivity contribution < 1.29 is 9.47 Å². The normalized spacial score (nSPS) is 10.8. The quantitative estimate of drug-likeness (QED) is 0.550. The van der Waals surface area contributed by atoms with Crippen molar-refractivity contribution in [2.45, 2.75) is 13.2 Å². The second kappa shape index (κ2) is 8.06. The number of nitrogens with one attached hydrogen (secondary N) is 1. The van der Waals surface area contributed by atoms with Crippen LogP contribution in [0.3, 0.4) is 0 Å². The molecule has 1 heterocycles. The van der Waals surface area contributed by atoms with Crippen LogP contribution >= 0.6 is 0 Å². The highest BCUT2D eigenvalue weighted by atomic mass is 16.5. The van der Waals surface area contributed by atoms with E-state index in [0.717, 1.165) is 11.1 Å². The Labute approximate surface area is 167 Å². The predicted octanol–water partition coefficient (Wildman–Crippen LogP) is 3.33. The maximum Gasteiger partial charge on any atom is 0.329 e. The zero-order chi connectivity index (χ0) is 20.2. The van der Waals surface area contributed by atoms with Gasteiger partial charge in [0, 0.05) is 0 Å². The van der Waals surface area contributed by atoms with Gasteiger partial charge in [0.1, 0.15) is 18.1 Å². The van der Waals surface area contributed by atoms with Gasteiger partial charge in [0.15, 0.2) is 0 Å². The highest BCUT2D eigenvalue weighted by molar-refractivity contribution is 5.83. The number of H-pyrrole nitrogens is 1. The minimum atomic E-state index is -0.478. The Hall–Kier alpha value is -3.80. The predicted molar refractivity (Wildman–Crippen MR) is 112 cm³/mol. The van der Waals surface area contributed by atoms with Gasteiger partial charge < -0.3 is 14.5 Å². The number of aromatic amines is 1. The molecule has 4 aromatic rings. The van der Waals surface area contributed by atoms with Crippen LogP contribution in [0.4, 0.5) is 0 Å². The van der Waals surface area contributed by atoms with E-state index in [1.807, 2.05) is 42.5 Å². The molecular weight excluding hydrogens is 368 g/mol. The van der Waals surface area contributed by atoms with Gasteiger partial charge in [-0.05, 0) is 35.4 Å². The van der Waals surface area contributed by atoms with Crippen LogP contribution < -0.4 is 20.7 Å². The van der Waals surface area contributed by atoms with Gasteiger partial charge in [0.05, 0.1) is 24.6 Å². The van der Waals surface area contributed by atoms with Gasteiger partial charge in [0.25, 0.3) is 5.56 Å². The maximum atomic E-state index is 13.0. The molecule has 29 heavy (non-hydrogen) atoms. The van der Waals surface area contributed by atoms with Crippen molar-refractivity contribution >= 4 is 10.9 Å². The van der Waals surface area contributed by atoms with Gasteiger partial charge >= 0.3 is 5.69 Å². The Kier molecular flexibility index (Phi) is 5.16. The van der Waals surface area contributed by atoms with E-state index in [2.05, 4.69) is 4.98 Å². The Morgan fingerprint density at radius 3 is 2.34 bits per heavy atom. The molecule has 0 aliphatic carbocycles. The van der Waals surface area contributed by atoms with Crippen molar-refractivity contribution in [3.05, 3.63) is 105 Å². The number of hydrogen-bond acceptors (Lipinski definition) is 4. The monoisotopic (exact) mass is 388 g/mol. The lowest BCUT2D eigenvalue weighted by Gasteiger charge is -2.11. The van der Waals surface area contributed by atoms with Crippen molar-refractivity contribution in [2.75, 3.05) is 7.11 Å². The molecule has 0 saturated heterocycles. The molecule has 0 fully saturated rings. The molecule has 1 N–H and O–H groups in total. The van der Waals surface area contributed by atoms with Crippen LogP contribution in [0, 0.1) is 0 Å². The topological polar surface area (TPSA) is 73.3 Å². The van der Waals surface area contributed by atoms with Gasteiger partial charge in [-0.3, -0.25) is 9.36 Å². The summed E-state index contributed by atoms with van der Waals surface area (Å²) in [6, 6.07) is 22.1. The Balaban J connectivity index is 1.68. The van der Waals surface area contributed by atoms with Crippen molar-refractivity contribution in [2.24, 2.45) is 0 Å². The number of para-hydroxylation sites is 1. The third-order valence-corrected chi connectivity index (χ3v) is 4.72. The number of ether oxygens (including phenoxy) is 2. The van der Waals surface area contributed by atoms with Gasteiger partial charge in [-0.25, -0.2) is 4.79 Å². The molecule has 0 amide bonds. The average Bonchev–Trinajstić information content (AvgIpc) is 2.76. The van der Waals surface area contributed by atoms with Gasteiger partial charge in [-0.15, -0.1) is 0 Å². The molecule has 0 unspecified atom stereocenters. The lowest BCUT2D eigenvalue weighted by molar-refractivity contribution is 0.309. The molecule has 146 valence electrons. The molecule has 0 aliphatic heterocycles. The summed E-state index contributed by atoms with van der Waals surface area (Å²) in [5, 5.41) is 0.406. The summed E-state index contributed by atoms with van der Waals surface area (Å²) < 4.78 is 12.2. The number of fused-ring (bicyclic) bond motifs is 1. The fraction of sp³-hybridized carbons (Fsp3) is 0.130. The summed E-state index contributed by atoms with van der Waals surface area (Å²) in [7, 11) is 1.59. The van der Waals surface area contributed by atoms with Crippen LogP contribution in [-0.2, 0) is 13.2 Å². The van der Waals surface area contributed by atoms with Crippen molar-refractivity contribution in [3.8, 4) is 11.5 Å². The number of nitrogens with zero attached hydrogens (tertiary/aromatic N) is 1. The molecule has 0 bridgehead atoms. The lowest BCUT2D eigenvalue weighted by Crippen LogP contribution is -2.35. The van der Waals surface area contributed by atoms with Crippen LogP contribution in [0.1, 0.15) is 11.1 Å². The molecule has 0 spiro atoms. The van der Waals surface area contributed by atoms with Gasteiger partial charge in [-0.1, -0.05) is 48.5 Å². The second-order valence-corrected chi connectivity index (χ2v) is 6.62. The summed E-state index contributed by atoms with van der Waals surface area (Å²) in [5.74, 6) is 1.19. The van der Waals surface area contributed by atoms with E-state index >= 15 is 0 Å². The van der Waals surface area contributed by atoms with Crippen LogP contribution in [0.2, 0.25) is 0 Å². The number of hydrogen-bond donors (Lipinski definition) is 1. The second-order valence-electron chi connectivity index (χ2n) is 6.62. The van der Waals surface area contributed by atoms with E-state index in [0.29, 0.717) is 29.0 Å². The standard InChI is InChI=1S/C23H20N2O4/c1-28-18-12-10-16(11-13-18)14-25-22(26)19-8-5-9-20(21(19)24-23(25)27)29-15-17-6-3-2-4-7-17/h2-13H,14-15H2,1H3,(H,24,27). The zero-order valence-corrected chi connectivity index (χ0v) is 15.9. The van der Waals surface area contributed by atoms with E-state index in [4.69, 9.17) is 9.47 Å². The zero-order valence-electron chi connectivity index (χ0n) is 15.9. The SMILES string of the molecule is COc1ccc(Cn2c(=O)[nH]c3c(OCc4ccccc4)cccc3c2=O)cc1. The first kappa shape index (κ1) is 18.6. The van der Waals surface area contributed by atoms with E-state index < -0.39 is 5.69 Å². The first-order valence-corrected chi connectivity index (χ1v) is 9.21. The molecule has 0 radical (unpaired) electrons. The fourth-order valence-corrected chi connectivity index (χ4v) is 3.16. The minimum absolute atomic E-state index is 0.170. The van der Waals surface area contributed by atoms with Crippen molar-refractivity contribution in [3.63, 3.8) is 0 Å². The number of aromatic nitrogens is 2. The van der Waals surface area contributed by atoms with Crippen LogP contribution in [0.15, 0.2) is 82.4 Å². The molecule has 6 nitrogen and oxygen atoms in total. The molecule has 0 saturated carbocycles. The Morgan fingerprint density at radius 1 is 0.862 bits per heavy atom. The van der Waals surface area contributed by atoms with Crippen LogP contribution in [0.25, 0.3) is 10.9 Å². The fourth-order valence-electron chi connectivity index (χ4n) is 3.16. The van der Waals surface area contributed by atoms with E-state index in [9.17, 15) is 9.59 Å². The van der Waals surface area contributed by atoms with Crippen LogP contribution in [0.5, 0.6) is 11.5 Å². The molecule has 4 rings (SSSR count). The summed E-state index contributed by atoms with van der Waals surface area (Å²) in [4.78, 5) is 28.4. The van der Waals surface area contributed by atoms with E-state index in [-0.39, 0.29) is 12.1 Å². The largest absolute Gasteiger partial charge is 0.497 e. The summed E-state index contributed by atoms with van der Waals surface area (Å²) >= 11 is 0. The van der Waals surface area contributed by atoms with Gasteiger partial charge in [0.2, 0.25) is 0 Å². The average molecular weight is 388 g/mol. The van der Waals surface area contributed by atoms with Crippen molar-refractivity contribution in [1.29, 1.82) is 0 Å². The Bertz CT molecular complexity index is 1240. The maximum absolute atomic E-state index is 13.0.